The zero-order valence-electron chi connectivity index (χ0n) is 11.3. The van der Waals surface area contributed by atoms with Gasteiger partial charge in [-0.05, 0) is 60.9 Å². The molecule has 3 unspecified atom stereocenters. The Bertz CT molecular complexity index is 575. The second-order valence-corrected chi connectivity index (χ2v) is 5.91. The molecule has 1 aromatic carbocycles. The largest absolute Gasteiger partial charge is 0.344 e. The summed E-state index contributed by atoms with van der Waals surface area (Å²) in [6.07, 6.45) is 5.67. The number of fused-ring (bicyclic) bond motifs is 1. The van der Waals surface area contributed by atoms with E-state index in [0.29, 0.717) is 18.5 Å². The molecule has 1 saturated carbocycles. The standard InChI is InChI=1S/C16H21FN2/c1-11-2-3-13(10-18)15(8-11)19-7-6-12-4-5-14(17)9-16(12)19/h4-7,9,11,13,15H,2-3,8,10,18H2,1H3. The van der Waals surface area contributed by atoms with E-state index in [1.54, 1.807) is 6.07 Å². The van der Waals surface area contributed by atoms with Gasteiger partial charge in [0.05, 0.1) is 5.52 Å². The molecular weight excluding hydrogens is 239 g/mol. The summed E-state index contributed by atoms with van der Waals surface area (Å²) in [7, 11) is 0. The van der Waals surface area contributed by atoms with Gasteiger partial charge in [0.15, 0.2) is 0 Å². The number of hydrogen-bond donors (Lipinski definition) is 1. The Labute approximate surface area is 113 Å². The van der Waals surface area contributed by atoms with Gasteiger partial charge in [0.2, 0.25) is 0 Å². The van der Waals surface area contributed by atoms with Crippen molar-refractivity contribution in [3.05, 3.63) is 36.3 Å². The van der Waals surface area contributed by atoms with Crippen LogP contribution in [0.2, 0.25) is 0 Å². The van der Waals surface area contributed by atoms with Crippen LogP contribution in [0.5, 0.6) is 0 Å². The van der Waals surface area contributed by atoms with Crippen LogP contribution in [0.4, 0.5) is 4.39 Å². The van der Waals surface area contributed by atoms with Gasteiger partial charge in [0.1, 0.15) is 5.82 Å². The van der Waals surface area contributed by atoms with Crippen molar-refractivity contribution in [2.75, 3.05) is 6.54 Å². The van der Waals surface area contributed by atoms with E-state index in [0.717, 1.165) is 23.2 Å². The summed E-state index contributed by atoms with van der Waals surface area (Å²) in [6, 6.07) is 7.50. The van der Waals surface area contributed by atoms with E-state index < -0.39 is 0 Å². The number of benzene rings is 1. The first-order valence-electron chi connectivity index (χ1n) is 7.15. The molecule has 0 aliphatic heterocycles. The average molecular weight is 260 g/mol. The zero-order chi connectivity index (χ0) is 13.4. The molecule has 0 bridgehead atoms. The van der Waals surface area contributed by atoms with Crippen molar-refractivity contribution in [3.63, 3.8) is 0 Å². The van der Waals surface area contributed by atoms with E-state index in [4.69, 9.17) is 5.73 Å². The second-order valence-electron chi connectivity index (χ2n) is 5.91. The molecule has 3 atom stereocenters. The van der Waals surface area contributed by atoms with Crippen molar-refractivity contribution >= 4 is 10.9 Å². The van der Waals surface area contributed by atoms with E-state index in [-0.39, 0.29) is 5.82 Å². The monoisotopic (exact) mass is 260 g/mol. The Morgan fingerprint density at radius 2 is 2.16 bits per heavy atom. The van der Waals surface area contributed by atoms with E-state index in [9.17, 15) is 4.39 Å². The van der Waals surface area contributed by atoms with Crippen LogP contribution in [-0.4, -0.2) is 11.1 Å². The fraction of sp³-hybridized carbons (Fsp3) is 0.500. The Hall–Kier alpha value is -1.35. The highest BCUT2D eigenvalue weighted by Crippen LogP contribution is 2.38. The number of halogens is 1. The molecule has 0 amide bonds. The second kappa shape index (κ2) is 4.97. The number of nitrogens with two attached hydrogens (primary N) is 1. The summed E-state index contributed by atoms with van der Waals surface area (Å²) < 4.78 is 15.7. The molecule has 19 heavy (non-hydrogen) atoms. The van der Waals surface area contributed by atoms with Crippen molar-refractivity contribution in [1.29, 1.82) is 0 Å². The van der Waals surface area contributed by atoms with Gasteiger partial charge < -0.3 is 10.3 Å². The van der Waals surface area contributed by atoms with Crippen LogP contribution in [0.25, 0.3) is 10.9 Å². The Morgan fingerprint density at radius 3 is 2.95 bits per heavy atom. The SMILES string of the molecule is CC1CCC(CN)C(n2ccc3ccc(F)cc32)C1. The van der Waals surface area contributed by atoms with Gasteiger partial charge in [-0.1, -0.05) is 13.3 Å². The van der Waals surface area contributed by atoms with Gasteiger partial charge in [0, 0.05) is 12.2 Å². The molecule has 0 spiro atoms. The van der Waals surface area contributed by atoms with Crippen molar-refractivity contribution < 1.29 is 4.39 Å². The minimum atomic E-state index is -0.166. The normalized spacial score (nSPS) is 27.8. The first-order valence-corrected chi connectivity index (χ1v) is 7.15. The Kier molecular flexibility index (Phi) is 3.31. The Morgan fingerprint density at radius 1 is 1.32 bits per heavy atom. The maximum atomic E-state index is 13.5. The van der Waals surface area contributed by atoms with E-state index >= 15 is 0 Å². The van der Waals surface area contributed by atoms with Gasteiger partial charge in [0.25, 0.3) is 0 Å². The molecule has 1 heterocycles. The highest BCUT2D eigenvalue weighted by Gasteiger charge is 2.29. The zero-order valence-corrected chi connectivity index (χ0v) is 11.3. The van der Waals surface area contributed by atoms with Crippen LogP contribution >= 0.6 is 0 Å². The maximum Gasteiger partial charge on any atom is 0.125 e. The van der Waals surface area contributed by atoms with Crippen LogP contribution in [0.3, 0.4) is 0 Å². The molecule has 1 aliphatic carbocycles. The topological polar surface area (TPSA) is 30.9 Å². The third kappa shape index (κ3) is 2.27. The molecule has 2 aromatic rings. The molecule has 3 heteroatoms. The molecule has 2 nitrogen and oxygen atoms in total. The fourth-order valence-electron chi connectivity index (χ4n) is 3.44. The average Bonchev–Trinajstić information content (AvgIpc) is 2.81. The lowest BCUT2D eigenvalue weighted by Crippen LogP contribution is -2.31. The van der Waals surface area contributed by atoms with Crippen molar-refractivity contribution in [2.24, 2.45) is 17.6 Å². The molecule has 3 rings (SSSR count). The van der Waals surface area contributed by atoms with Gasteiger partial charge >= 0.3 is 0 Å². The van der Waals surface area contributed by atoms with Crippen LogP contribution in [0.1, 0.15) is 32.2 Å². The quantitative estimate of drug-likeness (QED) is 0.876. The van der Waals surface area contributed by atoms with Crippen molar-refractivity contribution in [3.8, 4) is 0 Å². The fourth-order valence-corrected chi connectivity index (χ4v) is 3.44. The summed E-state index contributed by atoms with van der Waals surface area (Å²) >= 11 is 0. The third-order valence-electron chi connectivity index (χ3n) is 4.56. The van der Waals surface area contributed by atoms with Crippen LogP contribution < -0.4 is 5.73 Å². The minimum absolute atomic E-state index is 0.166. The first-order chi connectivity index (χ1) is 9.19. The van der Waals surface area contributed by atoms with Gasteiger partial charge in [-0.2, -0.15) is 0 Å². The molecule has 1 aliphatic rings. The molecule has 1 aromatic heterocycles. The smallest absolute Gasteiger partial charge is 0.125 e. The molecular formula is C16H21FN2. The molecule has 0 saturated heterocycles. The number of aromatic nitrogens is 1. The summed E-state index contributed by atoms with van der Waals surface area (Å²) in [6.45, 7) is 3.01. The van der Waals surface area contributed by atoms with E-state index in [1.807, 2.05) is 6.07 Å². The predicted molar refractivity (Wildman–Crippen MR) is 76.5 cm³/mol. The summed E-state index contributed by atoms with van der Waals surface area (Å²) in [5.74, 6) is 1.06. The lowest BCUT2D eigenvalue weighted by molar-refractivity contribution is 0.202. The molecule has 1 fully saturated rings. The lowest BCUT2D eigenvalue weighted by atomic mass is 9.79. The maximum absolute atomic E-state index is 13.5. The van der Waals surface area contributed by atoms with Gasteiger partial charge in [-0.3, -0.25) is 0 Å². The lowest BCUT2D eigenvalue weighted by Gasteiger charge is -2.35. The summed E-state index contributed by atoms with van der Waals surface area (Å²) in [5, 5.41) is 1.11. The number of rotatable bonds is 2. The molecule has 0 radical (unpaired) electrons. The summed E-state index contributed by atoms with van der Waals surface area (Å²) in [5.41, 5.74) is 6.93. The van der Waals surface area contributed by atoms with Crippen molar-refractivity contribution in [1.82, 2.24) is 4.57 Å². The predicted octanol–water partition coefficient (Wildman–Crippen LogP) is 3.72. The van der Waals surface area contributed by atoms with Gasteiger partial charge in [-0.25, -0.2) is 4.39 Å². The van der Waals surface area contributed by atoms with E-state index in [2.05, 4.69) is 23.8 Å². The number of hydrogen-bond acceptors (Lipinski definition) is 1. The third-order valence-corrected chi connectivity index (χ3v) is 4.56. The Balaban J connectivity index is 2.04. The summed E-state index contributed by atoms with van der Waals surface area (Å²) in [4.78, 5) is 0. The van der Waals surface area contributed by atoms with Crippen LogP contribution in [-0.2, 0) is 0 Å². The number of nitrogens with zero attached hydrogens (tertiary/aromatic N) is 1. The van der Waals surface area contributed by atoms with Crippen LogP contribution in [0, 0.1) is 17.7 Å². The highest BCUT2D eigenvalue weighted by atomic mass is 19.1. The van der Waals surface area contributed by atoms with Gasteiger partial charge in [-0.15, -0.1) is 0 Å². The molecule has 2 N–H and O–H groups in total. The van der Waals surface area contributed by atoms with Crippen molar-refractivity contribution in [2.45, 2.75) is 32.2 Å². The first kappa shape index (κ1) is 12.7. The van der Waals surface area contributed by atoms with Crippen LogP contribution in [0.15, 0.2) is 30.5 Å². The molecule has 102 valence electrons. The highest BCUT2D eigenvalue weighted by molar-refractivity contribution is 5.80. The minimum Gasteiger partial charge on any atom is -0.344 e. The van der Waals surface area contributed by atoms with E-state index in [1.165, 1.54) is 18.9 Å².